The van der Waals surface area contributed by atoms with Crippen LogP contribution in [0.3, 0.4) is 0 Å². The summed E-state index contributed by atoms with van der Waals surface area (Å²) in [6, 6.07) is 8.52. The van der Waals surface area contributed by atoms with Crippen LogP contribution in [0.1, 0.15) is 24.5 Å². The zero-order valence-corrected chi connectivity index (χ0v) is 11.7. The number of aliphatic hydroxyl groups excluding tert-OH is 1. The summed E-state index contributed by atoms with van der Waals surface area (Å²) in [4.78, 5) is 0. The Balaban J connectivity index is 2.61. The molecule has 0 saturated heterocycles. The van der Waals surface area contributed by atoms with Gasteiger partial charge < -0.3 is 5.11 Å². The highest BCUT2D eigenvalue weighted by atomic mass is 32.2. The van der Waals surface area contributed by atoms with Gasteiger partial charge in [0, 0.05) is 13.2 Å². The molecule has 1 aromatic rings. The zero-order chi connectivity index (χ0) is 14.3. The van der Waals surface area contributed by atoms with Gasteiger partial charge in [-0.1, -0.05) is 19.1 Å². The lowest BCUT2D eigenvalue weighted by molar-refractivity contribution is 0.263. The number of nitrogens with one attached hydrogen (secondary N) is 1. The van der Waals surface area contributed by atoms with Crippen LogP contribution in [0, 0.1) is 17.2 Å². The standard InChI is InChI=1S/C13H18N2O3S/c1-11(5-6-16)9-15-19(17,18)10-13-4-2-3-12(7-13)8-14/h2-4,7,11,15-16H,5-6,9-10H2,1H3. The summed E-state index contributed by atoms with van der Waals surface area (Å²) in [6.45, 7) is 2.23. The van der Waals surface area contributed by atoms with Crippen LogP contribution in [0.2, 0.25) is 0 Å². The number of rotatable bonds is 7. The van der Waals surface area contributed by atoms with Gasteiger partial charge in [0.15, 0.2) is 0 Å². The molecule has 0 bridgehead atoms. The van der Waals surface area contributed by atoms with Crippen LogP contribution < -0.4 is 4.72 Å². The van der Waals surface area contributed by atoms with Crippen molar-refractivity contribution >= 4 is 10.0 Å². The fraction of sp³-hybridized carbons (Fsp3) is 0.462. The fourth-order valence-electron chi connectivity index (χ4n) is 1.59. The van der Waals surface area contributed by atoms with E-state index in [9.17, 15) is 8.42 Å². The lowest BCUT2D eigenvalue weighted by atomic mass is 10.1. The number of sulfonamides is 1. The Kier molecular flexibility index (Phi) is 5.96. The Bertz CT molecular complexity index is 549. The van der Waals surface area contributed by atoms with Gasteiger partial charge in [0.1, 0.15) is 0 Å². The molecule has 0 spiro atoms. The third-order valence-corrected chi connectivity index (χ3v) is 4.01. The molecule has 0 aliphatic rings. The molecule has 0 fully saturated rings. The van der Waals surface area contributed by atoms with Crippen LogP contribution in [0.5, 0.6) is 0 Å². The van der Waals surface area contributed by atoms with E-state index in [0.717, 1.165) is 0 Å². The second-order valence-electron chi connectivity index (χ2n) is 4.54. The van der Waals surface area contributed by atoms with Crippen LogP contribution in [-0.2, 0) is 15.8 Å². The van der Waals surface area contributed by atoms with Gasteiger partial charge >= 0.3 is 0 Å². The SMILES string of the molecule is CC(CCO)CNS(=O)(=O)Cc1cccc(C#N)c1. The first-order valence-electron chi connectivity index (χ1n) is 6.04. The van der Waals surface area contributed by atoms with Crippen molar-refractivity contribution in [1.82, 2.24) is 4.72 Å². The Labute approximate surface area is 113 Å². The fourth-order valence-corrected chi connectivity index (χ4v) is 2.85. The van der Waals surface area contributed by atoms with Crippen molar-refractivity contribution < 1.29 is 13.5 Å². The van der Waals surface area contributed by atoms with Crippen LogP contribution in [0.25, 0.3) is 0 Å². The Morgan fingerprint density at radius 1 is 1.47 bits per heavy atom. The quantitative estimate of drug-likeness (QED) is 0.780. The molecule has 0 aliphatic carbocycles. The molecule has 0 aliphatic heterocycles. The van der Waals surface area contributed by atoms with E-state index in [4.69, 9.17) is 10.4 Å². The van der Waals surface area contributed by atoms with Crippen LogP contribution in [0.15, 0.2) is 24.3 Å². The van der Waals surface area contributed by atoms with Crippen molar-refractivity contribution in [2.24, 2.45) is 5.92 Å². The highest BCUT2D eigenvalue weighted by Crippen LogP contribution is 2.08. The summed E-state index contributed by atoms with van der Waals surface area (Å²) >= 11 is 0. The maximum atomic E-state index is 11.9. The monoisotopic (exact) mass is 282 g/mol. The average Bonchev–Trinajstić information content (AvgIpc) is 2.37. The third-order valence-electron chi connectivity index (χ3n) is 2.69. The molecule has 104 valence electrons. The van der Waals surface area contributed by atoms with Gasteiger partial charge in [0.05, 0.1) is 17.4 Å². The summed E-state index contributed by atoms with van der Waals surface area (Å²) < 4.78 is 26.2. The minimum Gasteiger partial charge on any atom is -0.396 e. The lowest BCUT2D eigenvalue weighted by Gasteiger charge is -2.11. The van der Waals surface area contributed by atoms with Gasteiger partial charge in [0.25, 0.3) is 0 Å². The van der Waals surface area contributed by atoms with E-state index < -0.39 is 10.0 Å². The highest BCUT2D eigenvalue weighted by Gasteiger charge is 2.13. The number of aliphatic hydroxyl groups is 1. The van der Waals surface area contributed by atoms with E-state index in [1.807, 2.05) is 13.0 Å². The topological polar surface area (TPSA) is 90.2 Å². The molecule has 0 saturated carbocycles. The zero-order valence-electron chi connectivity index (χ0n) is 10.8. The Hall–Kier alpha value is -1.42. The van der Waals surface area contributed by atoms with E-state index >= 15 is 0 Å². The Morgan fingerprint density at radius 3 is 2.84 bits per heavy atom. The third kappa shape index (κ3) is 5.83. The van der Waals surface area contributed by atoms with Gasteiger partial charge in [-0.2, -0.15) is 5.26 Å². The first-order chi connectivity index (χ1) is 8.96. The predicted octanol–water partition coefficient (Wildman–Crippen LogP) is 0.996. The number of benzene rings is 1. The first-order valence-corrected chi connectivity index (χ1v) is 7.69. The molecule has 5 nitrogen and oxygen atoms in total. The molecule has 0 amide bonds. The van der Waals surface area contributed by atoms with Crippen LogP contribution in [0.4, 0.5) is 0 Å². The van der Waals surface area contributed by atoms with E-state index in [2.05, 4.69) is 4.72 Å². The molecule has 1 aromatic carbocycles. The molecule has 1 unspecified atom stereocenters. The van der Waals surface area contributed by atoms with E-state index in [1.54, 1.807) is 24.3 Å². The van der Waals surface area contributed by atoms with E-state index in [1.165, 1.54) is 0 Å². The smallest absolute Gasteiger partial charge is 0.215 e. The van der Waals surface area contributed by atoms with Crippen molar-refractivity contribution in [1.29, 1.82) is 5.26 Å². The van der Waals surface area contributed by atoms with Crippen molar-refractivity contribution in [2.45, 2.75) is 19.1 Å². The summed E-state index contributed by atoms with van der Waals surface area (Å²) in [5.74, 6) is -0.0563. The summed E-state index contributed by atoms with van der Waals surface area (Å²) in [5.41, 5.74) is 1.03. The first kappa shape index (κ1) is 15.6. The van der Waals surface area contributed by atoms with E-state index in [0.29, 0.717) is 24.1 Å². The second-order valence-corrected chi connectivity index (χ2v) is 6.34. The second kappa shape index (κ2) is 7.24. The summed E-state index contributed by atoms with van der Waals surface area (Å²) in [6.07, 6.45) is 0.562. The van der Waals surface area contributed by atoms with Gasteiger partial charge in [-0.3, -0.25) is 0 Å². The lowest BCUT2D eigenvalue weighted by Crippen LogP contribution is -2.29. The molecule has 0 radical (unpaired) electrons. The molecule has 0 aromatic heterocycles. The van der Waals surface area contributed by atoms with E-state index in [-0.39, 0.29) is 18.3 Å². The molecule has 2 N–H and O–H groups in total. The molecular weight excluding hydrogens is 264 g/mol. The van der Waals surface area contributed by atoms with Crippen molar-refractivity contribution in [2.75, 3.05) is 13.2 Å². The summed E-state index contributed by atoms with van der Waals surface area (Å²) in [5, 5.41) is 17.5. The number of nitrogens with zero attached hydrogens (tertiary/aromatic N) is 1. The largest absolute Gasteiger partial charge is 0.396 e. The van der Waals surface area contributed by atoms with Gasteiger partial charge in [-0.25, -0.2) is 13.1 Å². The van der Waals surface area contributed by atoms with Crippen molar-refractivity contribution in [3.63, 3.8) is 0 Å². The molecular formula is C13H18N2O3S. The van der Waals surface area contributed by atoms with Gasteiger partial charge in [-0.15, -0.1) is 0 Å². The van der Waals surface area contributed by atoms with Crippen molar-refractivity contribution in [3.05, 3.63) is 35.4 Å². The van der Waals surface area contributed by atoms with Crippen LogP contribution in [-0.4, -0.2) is 26.7 Å². The normalized spacial score (nSPS) is 12.9. The minimum atomic E-state index is -3.41. The summed E-state index contributed by atoms with van der Waals surface area (Å²) in [7, 11) is -3.41. The maximum absolute atomic E-state index is 11.9. The molecule has 0 heterocycles. The number of hydrogen-bond acceptors (Lipinski definition) is 4. The number of nitriles is 1. The highest BCUT2D eigenvalue weighted by molar-refractivity contribution is 7.88. The minimum absolute atomic E-state index is 0.0487. The van der Waals surface area contributed by atoms with Crippen LogP contribution >= 0.6 is 0 Å². The average molecular weight is 282 g/mol. The molecule has 19 heavy (non-hydrogen) atoms. The molecule has 6 heteroatoms. The predicted molar refractivity (Wildman–Crippen MR) is 72.7 cm³/mol. The maximum Gasteiger partial charge on any atom is 0.215 e. The Morgan fingerprint density at radius 2 is 2.21 bits per heavy atom. The van der Waals surface area contributed by atoms with Gasteiger partial charge in [0.2, 0.25) is 10.0 Å². The molecule has 1 rings (SSSR count). The van der Waals surface area contributed by atoms with Gasteiger partial charge in [-0.05, 0) is 30.0 Å². The van der Waals surface area contributed by atoms with Crippen molar-refractivity contribution in [3.8, 4) is 6.07 Å². The number of hydrogen-bond donors (Lipinski definition) is 2. The molecule has 1 atom stereocenters.